The number of nitrogens with one attached hydrogen (secondary N) is 1. The zero-order chi connectivity index (χ0) is 22.0. The van der Waals surface area contributed by atoms with E-state index >= 15 is 0 Å². The number of H-pyrrole nitrogens is 1. The van der Waals surface area contributed by atoms with Gasteiger partial charge in [-0.25, -0.2) is 9.48 Å². The molecule has 1 aromatic heterocycles. The van der Waals surface area contributed by atoms with E-state index in [1.807, 2.05) is 12.1 Å². The quantitative estimate of drug-likeness (QED) is 0.591. The normalized spacial score (nSPS) is 12.5. The maximum atomic E-state index is 12.8. The highest BCUT2D eigenvalue weighted by atomic mass is 16.4. The van der Waals surface area contributed by atoms with E-state index in [1.165, 1.54) is 22.0 Å². The molecule has 2 N–H and O–H groups in total. The molecule has 0 bridgehead atoms. The number of hydrogen-bond acceptors (Lipinski definition) is 3. The number of carbonyl (C=O) groups is 1. The lowest BCUT2D eigenvalue weighted by Gasteiger charge is -2.21. The van der Waals surface area contributed by atoms with Gasteiger partial charge in [-0.1, -0.05) is 38.1 Å². The minimum atomic E-state index is -1.19. The number of aromatic carboxylic acids is 1. The molecule has 0 atom stereocenters. The number of fused-ring (bicyclic) bond motifs is 1. The van der Waals surface area contributed by atoms with E-state index in [2.05, 4.69) is 41.7 Å². The van der Waals surface area contributed by atoms with E-state index in [9.17, 15) is 14.7 Å². The summed E-state index contributed by atoms with van der Waals surface area (Å²) in [7, 11) is 0. The molecule has 0 aliphatic carbocycles. The average Bonchev–Trinajstić information content (AvgIpc) is 3.29. The smallest absolute Gasteiger partial charge is 0.354 e. The minimum absolute atomic E-state index is 0.0665. The van der Waals surface area contributed by atoms with Crippen molar-refractivity contribution >= 4 is 23.8 Å². The number of anilines is 1. The zero-order valence-electron chi connectivity index (χ0n) is 17.6. The first-order valence-corrected chi connectivity index (χ1v) is 10.4. The predicted molar refractivity (Wildman–Crippen MR) is 123 cm³/mol. The van der Waals surface area contributed by atoms with Gasteiger partial charge in [0.1, 0.15) is 0 Å². The van der Waals surface area contributed by atoms with Crippen molar-refractivity contribution in [3.05, 3.63) is 87.0 Å². The topological polar surface area (TPSA) is 78.3 Å². The van der Waals surface area contributed by atoms with Crippen LogP contribution in [-0.2, 0) is 6.42 Å². The van der Waals surface area contributed by atoms with Crippen LogP contribution in [0.2, 0.25) is 0 Å². The maximum Gasteiger partial charge on any atom is 0.354 e. The highest BCUT2D eigenvalue weighted by molar-refractivity contribution is 5.90. The molecule has 0 saturated carbocycles. The molecule has 0 spiro atoms. The number of para-hydroxylation sites is 1. The van der Waals surface area contributed by atoms with Crippen LogP contribution in [-0.4, -0.2) is 33.9 Å². The number of carboxylic acid groups (broad SMARTS) is 1. The van der Waals surface area contributed by atoms with Crippen molar-refractivity contribution in [3.63, 3.8) is 0 Å². The van der Waals surface area contributed by atoms with Crippen molar-refractivity contribution in [2.45, 2.75) is 20.3 Å². The summed E-state index contributed by atoms with van der Waals surface area (Å²) in [6.07, 6.45) is 4.21. The van der Waals surface area contributed by atoms with E-state index in [1.54, 1.807) is 30.3 Å². The molecule has 0 saturated heterocycles. The number of aromatic nitrogens is 2. The highest BCUT2D eigenvalue weighted by Gasteiger charge is 2.20. The van der Waals surface area contributed by atoms with Gasteiger partial charge in [0, 0.05) is 18.8 Å². The molecule has 0 fully saturated rings. The molecule has 0 radical (unpaired) electrons. The van der Waals surface area contributed by atoms with E-state index < -0.39 is 11.5 Å². The van der Waals surface area contributed by atoms with E-state index in [4.69, 9.17) is 0 Å². The Bertz CT molecular complexity index is 1230. The van der Waals surface area contributed by atoms with Crippen molar-refractivity contribution in [3.8, 4) is 5.69 Å². The van der Waals surface area contributed by atoms with Gasteiger partial charge in [-0.2, -0.15) is 0 Å². The number of hydrogen-bond donors (Lipinski definition) is 2. The largest absolute Gasteiger partial charge is 0.477 e. The van der Waals surface area contributed by atoms with E-state index in [-0.39, 0.29) is 11.3 Å². The second-order valence-corrected chi connectivity index (χ2v) is 8.12. The summed E-state index contributed by atoms with van der Waals surface area (Å²) in [5, 5.41) is 12.2. The van der Waals surface area contributed by atoms with Crippen LogP contribution in [0.3, 0.4) is 0 Å². The number of rotatable bonds is 6. The summed E-state index contributed by atoms with van der Waals surface area (Å²) in [5.41, 5.74) is 6.59. The van der Waals surface area contributed by atoms with Crippen LogP contribution in [0, 0.1) is 5.92 Å². The van der Waals surface area contributed by atoms with Crippen molar-refractivity contribution in [2.75, 3.05) is 18.0 Å². The summed E-state index contributed by atoms with van der Waals surface area (Å²) in [6.45, 7) is 6.51. The second kappa shape index (κ2) is 8.54. The van der Waals surface area contributed by atoms with Crippen molar-refractivity contribution in [2.24, 2.45) is 5.92 Å². The first kappa shape index (κ1) is 20.5. The van der Waals surface area contributed by atoms with Gasteiger partial charge in [-0.3, -0.25) is 9.89 Å². The molecule has 2 heterocycles. The Kier molecular flexibility index (Phi) is 5.65. The van der Waals surface area contributed by atoms with Gasteiger partial charge in [0.25, 0.3) is 5.56 Å². The van der Waals surface area contributed by atoms with Crippen LogP contribution in [0.1, 0.15) is 41.0 Å². The molecular weight excluding hydrogens is 390 g/mol. The summed E-state index contributed by atoms with van der Waals surface area (Å²) in [4.78, 5) is 26.8. The number of benzene rings is 2. The Morgan fingerprint density at radius 2 is 1.97 bits per heavy atom. The predicted octanol–water partition coefficient (Wildman–Crippen LogP) is 4.21. The lowest BCUT2D eigenvalue weighted by molar-refractivity contribution is 0.0689. The molecule has 0 unspecified atom stereocenters. The lowest BCUT2D eigenvalue weighted by atomic mass is 10.1. The number of aromatic amines is 1. The molecule has 31 heavy (non-hydrogen) atoms. The summed E-state index contributed by atoms with van der Waals surface area (Å²) in [5.74, 6) is -0.583. The van der Waals surface area contributed by atoms with Gasteiger partial charge >= 0.3 is 5.97 Å². The molecule has 6 nitrogen and oxygen atoms in total. The Labute approximate surface area is 180 Å². The third-order valence-corrected chi connectivity index (χ3v) is 5.31. The first-order chi connectivity index (χ1) is 14.9. The first-order valence-electron chi connectivity index (χ1n) is 10.4. The monoisotopic (exact) mass is 415 g/mol. The SMILES string of the molecule is CC(C)CN1CCc2cc(C=C=Cc3c(C(=O)O)[nH]n(-c4ccccc4)c3=O)ccc21. The molecular formula is C25H25N3O3. The van der Waals surface area contributed by atoms with Crippen molar-refractivity contribution in [1.82, 2.24) is 9.78 Å². The van der Waals surface area contributed by atoms with Crippen LogP contribution in [0.4, 0.5) is 5.69 Å². The zero-order valence-corrected chi connectivity index (χ0v) is 17.6. The Morgan fingerprint density at radius 3 is 2.68 bits per heavy atom. The molecule has 3 aromatic rings. The third-order valence-electron chi connectivity index (χ3n) is 5.31. The maximum absolute atomic E-state index is 12.8. The summed E-state index contributed by atoms with van der Waals surface area (Å²) >= 11 is 0. The van der Waals surface area contributed by atoms with Crippen LogP contribution in [0.5, 0.6) is 0 Å². The van der Waals surface area contributed by atoms with Crippen LogP contribution in [0.15, 0.2) is 59.1 Å². The Morgan fingerprint density at radius 1 is 1.19 bits per heavy atom. The summed E-state index contributed by atoms with van der Waals surface area (Å²) < 4.78 is 1.23. The van der Waals surface area contributed by atoms with Gasteiger partial charge in [-0.15, -0.1) is 5.73 Å². The number of carboxylic acids is 1. The van der Waals surface area contributed by atoms with Crippen LogP contribution < -0.4 is 10.5 Å². The Hall–Kier alpha value is -3.76. The average molecular weight is 415 g/mol. The summed E-state index contributed by atoms with van der Waals surface area (Å²) in [6, 6.07) is 15.2. The van der Waals surface area contributed by atoms with Crippen molar-refractivity contribution in [1.29, 1.82) is 0 Å². The minimum Gasteiger partial charge on any atom is -0.477 e. The van der Waals surface area contributed by atoms with Crippen LogP contribution in [0.25, 0.3) is 17.8 Å². The second-order valence-electron chi connectivity index (χ2n) is 8.12. The molecule has 2 aromatic carbocycles. The fourth-order valence-corrected chi connectivity index (χ4v) is 3.94. The fraction of sp³-hybridized carbons (Fsp3) is 0.240. The Balaban J connectivity index is 1.64. The lowest BCUT2D eigenvalue weighted by Crippen LogP contribution is -2.25. The molecule has 1 aliphatic heterocycles. The fourth-order valence-electron chi connectivity index (χ4n) is 3.94. The standard InChI is InChI=1S/C25H25N3O3/c1-17(2)16-27-14-13-19-15-18(11-12-22(19)27)7-6-10-21-23(25(30)31)26-28(24(21)29)20-8-4-3-5-9-20/h3-5,7-12,15,17,26H,13-14,16H2,1-2H3,(H,30,31). The third kappa shape index (κ3) is 4.25. The van der Waals surface area contributed by atoms with Crippen molar-refractivity contribution < 1.29 is 9.90 Å². The molecule has 6 heteroatoms. The van der Waals surface area contributed by atoms with E-state index in [0.29, 0.717) is 11.6 Å². The molecule has 1 aliphatic rings. The highest BCUT2D eigenvalue weighted by Crippen LogP contribution is 2.29. The molecule has 158 valence electrons. The molecule has 0 amide bonds. The van der Waals surface area contributed by atoms with E-state index in [0.717, 1.165) is 25.1 Å². The van der Waals surface area contributed by atoms with Gasteiger partial charge in [-0.05, 0) is 59.9 Å². The van der Waals surface area contributed by atoms with Gasteiger partial charge in [0.2, 0.25) is 0 Å². The molecule has 4 rings (SSSR count). The number of nitrogens with zero attached hydrogens (tertiary/aromatic N) is 2. The van der Waals surface area contributed by atoms with Crippen LogP contribution >= 0.6 is 0 Å². The van der Waals surface area contributed by atoms with Gasteiger partial charge in [0.05, 0.1) is 11.3 Å². The van der Waals surface area contributed by atoms with Gasteiger partial charge < -0.3 is 10.0 Å². The van der Waals surface area contributed by atoms with Gasteiger partial charge in [0.15, 0.2) is 5.69 Å².